The summed E-state index contributed by atoms with van der Waals surface area (Å²) in [6.45, 7) is 2.28. The fourth-order valence-corrected chi connectivity index (χ4v) is 3.78. The first-order chi connectivity index (χ1) is 6.83. The van der Waals surface area contributed by atoms with Crippen molar-refractivity contribution in [2.75, 3.05) is 13.1 Å². The number of fused-ring (bicyclic) bond motifs is 1. The highest BCUT2D eigenvalue weighted by Gasteiger charge is 2.66. The Hall–Kier alpha value is -0.0800. The Bertz CT molecular complexity index is 210. The summed E-state index contributed by atoms with van der Waals surface area (Å²) in [7, 11) is 0. The molecule has 14 heavy (non-hydrogen) atoms. The lowest BCUT2D eigenvalue weighted by atomic mass is 10.0. The molecule has 0 amide bonds. The molecular weight excluding hydrogens is 174 g/mol. The molecule has 0 radical (unpaired) electrons. The number of hydrogen-bond donors (Lipinski definition) is 1. The maximum atomic E-state index is 10.6. The topological polar surface area (TPSA) is 23.5 Å². The molecule has 0 aromatic heterocycles. The largest absolute Gasteiger partial charge is 0.375 e. The first-order valence-corrected chi connectivity index (χ1v) is 6.31. The Kier molecular flexibility index (Phi) is 2.10. The van der Waals surface area contributed by atoms with Crippen LogP contribution in [0.5, 0.6) is 0 Å². The summed E-state index contributed by atoms with van der Waals surface area (Å²) in [5.74, 6) is 1.27. The van der Waals surface area contributed by atoms with Crippen LogP contribution in [0.4, 0.5) is 0 Å². The normalized spacial score (nSPS) is 48.6. The van der Waals surface area contributed by atoms with E-state index >= 15 is 0 Å². The highest BCUT2D eigenvalue weighted by molar-refractivity contribution is 5.12. The van der Waals surface area contributed by atoms with Gasteiger partial charge in [0.1, 0.15) is 5.72 Å². The lowest BCUT2D eigenvalue weighted by Crippen LogP contribution is -2.43. The van der Waals surface area contributed by atoms with E-state index < -0.39 is 0 Å². The summed E-state index contributed by atoms with van der Waals surface area (Å²) in [6.07, 6.45) is 9.19. The van der Waals surface area contributed by atoms with Crippen LogP contribution in [0.2, 0.25) is 0 Å². The standard InChI is InChI=1S/C12H21NO/c14-12(13-8-4-1-5-9-13)10-6-2-3-7-11(10)12/h10-11,14H,1-9H2/t10-,11+,12?. The number of aliphatic hydroxyl groups is 1. The lowest BCUT2D eigenvalue weighted by Gasteiger charge is -2.32. The Morgan fingerprint density at radius 3 is 2.00 bits per heavy atom. The monoisotopic (exact) mass is 195 g/mol. The van der Waals surface area contributed by atoms with Crippen molar-refractivity contribution in [2.45, 2.75) is 50.7 Å². The van der Waals surface area contributed by atoms with E-state index in [0.717, 1.165) is 13.1 Å². The molecule has 3 fully saturated rings. The van der Waals surface area contributed by atoms with Gasteiger partial charge >= 0.3 is 0 Å². The van der Waals surface area contributed by atoms with Crippen molar-refractivity contribution in [3.8, 4) is 0 Å². The van der Waals surface area contributed by atoms with E-state index in [1.165, 1.54) is 44.9 Å². The van der Waals surface area contributed by atoms with Crippen molar-refractivity contribution in [1.29, 1.82) is 0 Å². The molecule has 0 aromatic rings. The highest BCUT2D eigenvalue weighted by Crippen LogP contribution is 2.60. The van der Waals surface area contributed by atoms with E-state index in [4.69, 9.17) is 0 Å². The van der Waals surface area contributed by atoms with Crippen LogP contribution in [0.15, 0.2) is 0 Å². The molecule has 1 heterocycles. The summed E-state index contributed by atoms with van der Waals surface area (Å²) >= 11 is 0. The average Bonchev–Trinajstić information content (AvgIpc) is 2.89. The Morgan fingerprint density at radius 1 is 0.857 bits per heavy atom. The van der Waals surface area contributed by atoms with Gasteiger partial charge in [0.25, 0.3) is 0 Å². The van der Waals surface area contributed by atoms with Crippen LogP contribution in [-0.4, -0.2) is 28.8 Å². The van der Waals surface area contributed by atoms with Crippen LogP contribution >= 0.6 is 0 Å². The van der Waals surface area contributed by atoms with Crippen molar-refractivity contribution >= 4 is 0 Å². The third-order valence-electron chi connectivity index (χ3n) is 4.61. The minimum absolute atomic E-state index is 0.350. The molecule has 1 aliphatic heterocycles. The molecular formula is C12H21NO. The summed E-state index contributed by atoms with van der Waals surface area (Å²) in [4.78, 5) is 2.39. The molecule has 80 valence electrons. The van der Waals surface area contributed by atoms with Gasteiger partial charge in [-0.05, 0) is 25.7 Å². The first-order valence-electron chi connectivity index (χ1n) is 6.31. The van der Waals surface area contributed by atoms with Crippen LogP contribution in [0, 0.1) is 11.8 Å². The van der Waals surface area contributed by atoms with E-state index in [2.05, 4.69) is 4.90 Å². The van der Waals surface area contributed by atoms with Crippen LogP contribution in [0.1, 0.15) is 44.9 Å². The zero-order valence-corrected chi connectivity index (χ0v) is 8.91. The SMILES string of the molecule is OC1(N2CCCCC2)[C@@H]2CCCC[C@@H]21. The zero-order chi connectivity index (χ0) is 9.60. The fraction of sp³-hybridized carbons (Fsp3) is 1.00. The predicted molar refractivity (Wildman–Crippen MR) is 55.8 cm³/mol. The van der Waals surface area contributed by atoms with Crippen LogP contribution in [0.3, 0.4) is 0 Å². The Balaban J connectivity index is 1.71. The maximum Gasteiger partial charge on any atom is 0.125 e. The van der Waals surface area contributed by atoms with Crippen molar-refractivity contribution in [1.82, 2.24) is 4.90 Å². The molecule has 1 saturated heterocycles. The molecule has 1 unspecified atom stereocenters. The molecule has 1 N–H and O–H groups in total. The van der Waals surface area contributed by atoms with Crippen LogP contribution in [-0.2, 0) is 0 Å². The molecule has 2 aliphatic carbocycles. The van der Waals surface area contributed by atoms with Gasteiger partial charge in [0, 0.05) is 24.9 Å². The number of rotatable bonds is 1. The molecule has 3 rings (SSSR count). The van der Waals surface area contributed by atoms with Gasteiger partial charge in [-0.1, -0.05) is 19.3 Å². The predicted octanol–water partition coefficient (Wildman–Crippen LogP) is 1.98. The molecule has 0 aromatic carbocycles. The third-order valence-corrected chi connectivity index (χ3v) is 4.61. The van der Waals surface area contributed by atoms with Crippen molar-refractivity contribution in [3.63, 3.8) is 0 Å². The van der Waals surface area contributed by atoms with E-state index in [9.17, 15) is 5.11 Å². The van der Waals surface area contributed by atoms with Crippen LogP contribution in [0.25, 0.3) is 0 Å². The number of nitrogens with zero attached hydrogens (tertiary/aromatic N) is 1. The molecule has 2 saturated carbocycles. The lowest BCUT2D eigenvalue weighted by molar-refractivity contribution is -0.0550. The Labute approximate surface area is 86.3 Å². The second-order valence-corrected chi connectivity index (χ2v) is 5.33. The van der Waals surface area contributed by atoms with Gasteiger partial charge in [-0.2, -0.15) is 0 Å². The van der Waals surface area contributed by atoms with Gasteiger partial charge in [-0.15, -0.1) is 0 Å². The molecule has 3 aliphatic rings. The first kappa shape index (κ1) is 9.17. The minimum Gasteiger partial charge on any atom is -0.375 e. The van der Waals surface area contributed by atoms with E-state index in [0.29, 0.717) is 11.8 Å². The fourth-order valence-electron chi connectivity index (χ4n) is 3.78. The molecule has 0 spiro atoms. The van der Waals surface area contributed by atoms with Crippen LogP contribution < -0.4 is 0 Å². The third kappa shape index (κ3) is 1.17. The molecule has 0 bridgehead atoms. The Morgan fingerprint density at radius 2 is 1.43 bits per heavy atom. The summed E-state index contributed by atoms with van der Waals surface area (Å²) in [5, 5.41) is 10.6. The van der Waals surface area contributed by atoms with Gasteiger partial charge < -0.3 is 5.11 Å². The van der Waals surface area contributed by atoms with E-state index in [-0.39, 0.29) is 5.72 Å². The quantitative estimate of drug-likeness (QED) is 0.691. The number of piperidine rings is 1. The summed E-state index contributed by atoms with van der Waals surface area (Å²) in [6, 6.07) is 0. The molecule has 2 heteroatoms. The second kappa shape index (κ2) is 3.21. The minimum atomic E-state index is -0.350. The van der Waals surface area contributed by atoms with Gasteiger partial charge in [0.05, 0.1) is 0 Å². The van der Waals surface area contributed by atoms with Crippen molar-refractivity contribution in [2.24, 2.45) is 11.8 Å². The van der Waals surface area contributed by atoms with Gasteiger partial charge in [-0.25, -0.2) is 0 Å². The number of hydrogen-bond acceptors (Lipinski definition) is 2. The van der Waals surface area contributed by atoms with Gasteiger partial charge in [-0.3, -0.25) is 4.90 Å². The summed E-state index contributed by atoms with van der Waals surface area (Å²) in [5.41, 5.74) is -0.350. The smallest absolute Gasteiger partial charge is 0.125 e. The zero-order valence-electron chi connectivity index (χ0n) is 8.91. The van der Waals surface area contributed by atoms with E-state index in [1.807, 2.05) is 0 Å². The molecule has 2 nitrogen and oxygen atoms in total. The van der Waals surface area contributed by atoms with Crippen molar-refractivity contribution in [3.05, 3.63) is 0 Å². The molecule has 3 atom stereocenters. The van der Waals surface area contributed by atoms with Gasteiger partial charge in [0.15, 0.2) is 0 Å². The second-order valence-electron chi connectivity index (χ2n) is 5.33. The average molecular weight is 195 g/mol. The summed E-state index contributed by atoms with van der Waals surface area (Å²) < 4.78 is 0. The van der Waals surface area contributed by atoms with Gasteiger partial charge in [0.2, 0.25) is 0 Å². The van der Waals surface area contributed by atoms with E-state index in [1.54, 1.807) is 0 Å². The van der Waals surface area contributed by atoms with Crippen molar-refractivity contribution < 1.29 is 5.11 Å². The highest BCUT2D eigenvalue weighted by atomic mass is 16.3. The number of likely N-dealkylation sites (tertiary alicyclic amines) is 1. The maximum absolute atomic E-state index is 10.6.